The Balaban J connectivity index is 1.21. The molecule has 3 aromatic rings. The van der Waals surface area contributed by atoms with Crippen LogP contribution < -0.4 is 20.1 Å². The molecule has 14 nitrogen and oxygen atoms in total. The molecule has 1 aliphatic heterocycles. The second kappa shape index (κ2) is 17.0. The molecule has 0 radical (unpaired) electrons. The van der Waals surface area contributed by atoms with Crippen molar-refractivity contribution in [3.8, 4) is 22.2 Å². The molecule has 1 aromatic carbocycles. The van der Waals surface area contributed by atoms with E-state index in [0.29, 0.717) is 64.4 Å². The number of aromatic nitrogens is 2. The Morgan fingerprint density at radius 1 is 1.02 bits per heavy atom. The van der Waals surface area contributed by atoms with Gasteiger partial charge in [0.25, 0.3) is 0 Å². The molecule has 2 N–H and O–H groups in total. The number of fused-ring (bicyclic) bond motifs is 2. The van der Waals surface area contributed by atoms with Crippen molar-refractivity contribution >= 4 is 57.7 Å². The van der Waals surface area contributed by atoms with E-state index in [4.69, 9.17) is 45.3 Å². The van der Waals surface area contributed by atoms with E-state index < -0.39 is 53.0 Å². The summed E-state index contributed by atoms with van der Waals surface area (Å²) in [7, 11) is 2.89. The largest absolute Gasteiger partial charge is 0.490 e. The highest BCUT2D eigenvalue weighted by molar-refractivity contribution is 7.13. The molecular weight excluding hydrogens is 798 g/mol. The number of likely N-dealkylation sites (tertiary alicyclic amines) is 1. The van der Waals surface area contributed by atoms with Crippen molar-refractivity contribution in [2.24, 2.45) is 23.2 Å². The Kier molecular flexibility index (Phi) is 12.4. The van der Waals surface area contributed by atoms with Crippen LogP contribution in [-0.2, 0) is 28.6 Å². The van der Waals surface area contributed by atoms with Gasteiger partial charge in [-0.15, -0.1) is 11.3 Å². The normalized spacial score (nSPS) is 26.3. The van der Waals surface area contributed by atoms with Crippen LogP contribution in [0.25, 0.3) is 21.6 Å². The lowest BCUT2D eigenvalue weighted by Gasteiger charge is -2.35. The third-order valence-corrected chi connectivity index (χ3v) is 13.5. The smallest absolute Gasteiger partial charge is 0.408 e. The van der Waals surface area contributed by atoms with Gasteiger partial charge in [-0.3, -0.25) is 9.59 Å². The molecule has 4 aliphatic rings. The second-order valence-electron chi connectivity index (χ2n) is 17.8. The first-order chi connectivity index (χ1) is 28.1. The third kappa shape index (κ3) is 8.97. The number of halogens is 1. The SMILES string of the molecule is CC[C@@H]1C[C@]1(NC(=O)[C@@H]1C[C@@H](Oc2cc(-c3nc(C(C)C)cs3)nc3c(Cl)c(OCCOC)ccc23)CN1C(=O)[C@@H](NC(=O)O[C@@H]1C[C@@H]2C[C@@H]2C1)C(C)(C)C)C(=O)OC. The molecule has 0 bridgehead atoms. The summed E-state index contributed by atoms with van der Waals surface area (Å²) in [6, 6.07) is 3.28. The number of pyridine rings is 1. The maximum Gasteiger partial charge on any atom is 0.408 e. The first kappa shape index (κ1) is 42.9. The summed E-state index contributed by atoms with van der Waals surface area (Å²) in [5, 5.41) is 9.39. The van der Waals surface area contributed by atoms with Gasteiger partial charge in [-0.2, -0.15) is 0 Å². The van der Waals surface area contributed by atoms with Gasteiger partial charge in [0.2, 0.25) is 11.8 Å². The third-order valence-electron chi connectivity index (χ3n) is 12.2. The van der Waals surface area contributed by atoms with Gasteiger partial charge in [-0.25, -0.2) is 19.6 Å². The van der Waals surface area contributed by atoms with Crippen LogP contribution in [0.4, 0.5) is 4.79 Å². The lowest BCUT2D eigenvalue weighted by molar-refractivity contribution is -0.148. The molecule has 3 saturated carbocycles. The zero-order chi connectivity index (χ0) is 42.4. The van der Waals surface area contributed by atoms with Crippen LogP contribution in [0.3, 0.4) is 0 Å². The number of hydrogen-bond acceptors (Lipinski definition) is 12. The molecule has 2 aromatic heterocycles. The molecule has 3 aliphatic carbocycles. The maximum atomic E-state index is 14.8. The number of rotatable bonds is 15. The molecule has 320 valence electrons. The van der Waals surface area contributed by atoms with Gasteiger partial charge in [0.15, 0.2) is 0 Å². The predicted octanol–water partition coefficient (Wildman–Crippen LogP) is 6.91. The quantitative estimate of drug-likeness (QED) is 0.121. The van der Waals surface area contributed by atoms with Crippen molar-refractivity contribution in [3.05, 3.63) is 34.3 Å². The fourth-order valence-corrected chi connectivity index (χ4v) is 9.82. The average molecular weight is 854 g/mol. The molecule has 1 saturated heterocycles. The number of ether oxygens (including phenoxy) is 5. The van der Waals surface area contributed by atoms with Gasteiger partial charge in [-0.1, -0.05) is 59.6 Å². The minimum atomic E-state index is -1.18. The Hall–Kier alpha value is -4.21. The molecule has 0 unspecified atom stereocenters. The number of esters is 1. The highest BCUT2D eigenvalue weighted by atomic mass is 35.5. The first-order valence-electron chi connectivity index (χ1n) is 20.6. The van der Waals surface area contributed by atoms with E-state index in [1.165, 1.54) is 29.8 Å². The number of thiazole rings is 1. The number of nitrogens with zero attached hydrogens (tertiary/aromatic N) is 3. The Morgan fingerprint density at radius 2 is 1.76 bits per heavy atom. The van der Waals surface area contributed by atoms with Crippen molar-refractivity contribution in [1.82, 2.24) is 25.5 Å². The van der Waals surface area contributed by atoms with E-state index in [0.717, 1.165) is 18.5 Å². The predicted molar refractivity (Wildman–Crippen MR) is 223 cm³/mol. The molecule has 3 amide bonds. The van der Waals surface area contributed by atoms with Gasteiger partial charge in [0.1, 0.15) is 63.7 Å². The fraction of sp³-hybridized carbons (Fsp3) is 0.628. The van der Waals surface area contributed by atoms with E-state index in [1.807, 2.05) is 39.1 Å². The van der Waals surface area contributed by atoms with E-state index in [-0.39, 0.29) is 42.5 Å². The Morgan fingerprint density at radius 3 is 2.39 bits per heavy atom. The van der Waals surface area contributed by atoms with Crippen molar-refractivity contribution in [3.63, 3.8) is 0 Å². The van der Waals surface area contributed by atoms with E-state index in [2.05, 4.69) is 24.5 Å². The summed E-state index contributed by atoms with van der Waals surface area (Å²) in [6.07, 6.45) is 2.50. The zero-order valence-electron chi connectivity index (χ0n) is 35.1. The van der Waals surface area contributed by atoms with E-state index >= 15 is 0 Å². The molecule has 59 heavy (non-hydrogen) atoms. The molecule has 16 heteroatoms. The van der Waals surface area contributed by atoms with Crippen molar-refractivity contribution < 1.29 is 42.9 Å². The van der Waals surface area contributed by atoms with Crippen LogP contribution in [0.5, 0.6) is 11.5 Å². The molecular formula is C43H56ClN5O9S. The molecule has 7 rings (SSSR count). The zero-order valence-corrected chi connectivity index (χ0v) is 36.7. The van der Waals surface area contributed by atoms with Crippen molar-refractivity contribution in [2.75, 3.05) is 34.0 Å². The van der Waals surface area contributed by atoms with Gasteiger partial charge in [-0.05, 0) is 66.9 Å². The molecule has 3 heterocycles. The number of alkyl carbamates (subject to hydrolysis) is 1. The summed E-state index contributed by atoms with van der Waals surface area (Å²) < 4.78 is 28.8. The first-order valence-corrected chi connectivity index (χ1v) is 21.9. The van der Waals surface area contributed by atoms with Gasteiger partial charge < -0.3 is 39.2 Å². The average Bonchev–Trinajstić information content (AvgIpc) is 3.82. The van der Waals surface area contributed by atoms with Crippen molar-refractivity contribution in [1.29, 1.82) is 0 Å². The van der Waals surface area contributed by atoms with Gasteiger partial charge in [0, 0.05) is 30.4 Å². The minimum Gasteiger partial charge on any atom is -0.490 e. The highest BCUT2D eigenvalue weighted by Gasteiger charge is 2.62. The fourth-order valence-electron chi connectivity index (χ4n) is 8.62. The number of methoxy groups -OCH3 is 2. The van der Waals surface area contributed by atoms with E-state index in [1.54, 1.807) is 19.2 Å². The summed E-state index contributed by atoms with van der Waals surface area (Å²) >= 11 is 8.43. The lowest BCUT2D eigenvalue weighted by Crippen LogP contribution is -2.59. The standard InChI is InChI=1S/C43H56ClN5O9S/c1-9-25-19-43(25,40(52)55-8)48-37(50)31-17-27(20-49(31)39(51)36(42(4,5)6)47-41(53)58-26-15-23-14-24(23)16-26)57-33-18-29(38-46-30(21-59-38)22(2)3)45-35-28(33)10-11-32(34(35)44)56-13-12-54-7/h10-11,18,21-27,31,36H,9,12-17,19-20H2,1-8H3,(H,47,53)(H,48,50)/t23-,24+,25-,26+,27-,31+,36-,43-/m1/s1. The van der Waals surface area contributed by atoms with Crippen LogP contribution >= 0.6 is 22.9 Å². The molecule has 8 atom stereocenters. The van der Waals surface area contributed by atoms with Crippen LogP contribution in [-0.4, -0.2) is 103 Å². The highest BCUT2D eigenvalue weighted by Crippen LogP contribution is 2.52. The van der Waals surface area contributed by atoms with Crippen LogP contribution in [0, 0.1) is 23.2 Å². The number of carbonyl (C=O) groups excluding carboxylic acids is 4. The van der Waals surface area contributed by atoms with Crippen LogP contribution in [0.2, 0.25) is 5.02 Å². The topological polar surface area (TPSA) is 168 Å². The monoisotopic (exact) mass is 853 g/mol. The number of hydrogen-bond donors (Lipinski definition) is 2. The minimum absolute atomic E-state index is 0.00842. The molecule has 0 spiro atoms. The summed E-state index contributed by atoms with van der Waals surface area (Å²) in [6.45, 7) is 12.3. The summed E-state index contributed by atoms with van der Waals surface area (Å²) in [5.41, 5.74) is -0.0450. The number of amides is 3. The van der Waals surface area contributed by atoms with Gasteiger partial charge in [0.05, 0.1) is 31.5 Å². The second-order valence-corrected chi connectivity index (χ2v) is 19.0. The number of carbonyl (C=O) groups is 4. The van der Waals surface area contributed by atoms with Crippen molar-refractivity contribution in [2.45, 2.75) is 116 Å². The number of benzene rings is 1. The Bertz CT molecular complexity index is 2080. The van der Waals surface area contributed by atoms with Crippen LogP contribution in [0.15, 0.2) is 23.6 Å². The lowest BCUT2D eigenvalue weighted by atomic mass is 9.85. The summed E-state index contributed by atoms with van der Waals surface area (Å²) in [5.74, 6) is 0.689. The molecule has 4 fully saturated rings. The summed E-state index contributed by atoms with van der Waals surface area (Å²) in [4.78, 5) is 66.8. The van der Waals surface area contributed by atoms with Crippen LogP contribution in [0.1, 0.15) is 91.7 Å². The van der Waals surface area contributed by atoms with E-state index in [9.17, 15) is 19.2 Å². The Labute approximate surface area is 354 Å². The van der Waals surface area contributed by atoms with Gasteiger partial charge >= 0.3 is 12.1 Å². The number of nitrogens with one attached hydrogen (secondary N) is 2. The maximum absolute atomic E-state index is 14.8.